The zero-order valence-corrected chi connectivity index (χ0v) is 23.1. The zero-order valence-electron chi connectivity index (χ0n) is 22.2. The van der Waals surface area contributed by atoms with E-state index in [1.807, 2.05) is 70.2 Å². The molecule has 198 valence electrons. The van der Waals surface area contributed by atoms with Crippen molar-refractivity contribution in [2.75, 3.05) is 30.2 Å². The summed E-state index contributed by atoms with van der Waals surface area (Å²) in [5.74, 6) is -0.532. The minimum Gasteiger partial charge on any atom is -0.354 e. The fourth-order valence-electron chi connectivity index (χ4n) is 4.20. The Morgan fingerprint density at radius 2 is 1.61 bits per heavy atom. The molecule has 7 nitrogen and oxygen atoms in total. The minimum atomic E-state index is -3.75. The number of unbranched alkanes of at least 4 members (excludes halogenated alkanes) is 1. The number of hydrogen-bond donors (Lipinski definition) is 1. The third kappa shape index (κ3) is 8.36. The number of hydrogen-bond acceptors (Lipinski definition) is 4. The molecule has 0 saturated carbocycles. The van der Waals surface area contributed by atoms with Gasteiger partial charge in [0.15, 0.2) is 0 Å². The maximum atomic E-state index is 13.8. The van der Waals surface area contributed by atoms with Gasteiger partial charge < -0.3 is 10.2 Å². The van der Waals surface area contributed by atoms with Crippen LogP contribution in [-0.2, 0) is 26.0 Å². The first-order valence-corrected chi connectivity index (χ1v) is 14.6. The number of nitrogens with one attached hydrogen (secondary N) is 1. The first-order valence-electron chi connectivity index (χ1n) is 12.8. The van der Waals surface area contributed by atoms with Gasteiger partial charge in [-0.25, -0.2) is 8.42 Å². The van der Waals surface area contributed by atoms with Gasteiger partial charge in [-0.2, -0.15) is 0 Å². The maximum absolute atomic E-state index is 13.8. The Balaban J connectivity index is 2.39. The summed E-state index contributed by atoms with van der Waals surface area (Å²) in [6.07, 6.45) is 3.91. The van der Waals surface area contributed by atoms with E-state index in [1.165, 1.54) is 4.31 Å². The summed E-state index contributed by atoms with van der Waals surface area (Å²) in [6, 6.07) is 16.3. The van der Waals surface area contributed by atoms with E-state index < -0.39 is 22.0 Å². The number of anilines is 1. The molecule has 2 aromatic carbocycles. The highest BCUT2D eigenvalue weighted by molar-refractivity contribution is 7.92. The second-order valence-electron chi connectivity index (χ2n) is 9.37. The SMILES string of the molecule is CCCCNC(=O)[C@H](CC)N(CCc1ccccc1)C(=O)CN(c1ccccc1C(C)C)S(C)(=O)=O. The number of carbonyl (C=O) groups is 2. The highest BCUT2D eigenvalue weighted by atomic mass is 32.2. The highest BCUT2D eigenvalue weighted by Crippen LogP contribution is 2.29. The molecule has 2 aromatic rings. The van der Waals surface area contributed by atoms with Gasteiger partial charge in [0.2, 0.25) is 21.8 Å². The van der Waals surface area contributed by atoms with Crippen LogP contribution in [0.15, 0.2) is 54.6 Å². The molecule has 36 heavy (non-hydrogen) atoms. The molecule has 1 N–H and O–H groups in total. The summed E-state index contributed by atoms with van der Waals surface area (Å²) in [5.41, 5.74) is 2.38. The molecule has 0 bridgehead atoms. The van der Waals surface area contributed by atoms with Gasteiger partial charge in [0.1, 0.15) is 12.6 Å². The number of amides is 2. The van der Waals surface area contributed by atoms with Crippen LogP contribution < -0.4 is 9.62 Å². The first kappa shape index (κ1) is 29.4. The Bertz CT molecular complexity index is 1090. The number of sulfonamides is 1. The van der Waals surface area contributed by atoms with Gasteiger partial charge in [-0.05, 0) is 42.4 Å². The number of nitrogens with zero attached hydrogens (tertiary/aromatic N) is 2. The highest BCUT2D eigenvalue weighted by Gasteiger charge is 2.32. The first-order chi connectivity index (χ1) is 17.1. The number of para-hydroxylation sites is 1. The summed E-state index contributed by atoms with van der Waals surface area (Å²) >= 11 is 0. The van der Waals surface area contributed by atoms with E-state index in [-0.39, 0.29) is 18.4 Å². The molecule has 0 aliphatic rings. The molecular formula is C28H41N3O4S. The van der Waals surface area contributed by atoms with Crippen molar-refractivity contribution in [1.82, 2.24) is 10.2 Å². The van der Waals surface area contributed by atoms with Crippen LogP contribution in [0.1, 0.15) is 64.0 Å². The average Bonchev–Trinajstić information content (AvgIpc) is 2.84. The Morgan fingerprint density at radius 1 is 0.972 bits per heavy atom. The van der Waals surface area contributed by atoms with E-state index in [0.717, 1.165) is 30.2 Å². The zero-order chi connectivity index (χ0) is 26.7. The Hall–Kier alpha value is -2.87. The van der Waals surface area contributed by atoms with Crippen molar-refractivity contribution in [3.63, 3.8) is 0 Å². The number of rotatable bonds is 14. The quantitative estimate of drug-likeness (QED) is 0.379. The van der Waals surface area contributed by atoms with Crippen LogP contribution in [0.4, 0.5) is 5.69 Å². The molecular weight excluding hydrogens is 474 g/mol. The van der Waals surface area contributed by atoms with Crippen LogP contribution in [0.25, 0.3) is 0 Å². The predicted octanol–water partition coefficient (Wildman–Crippen LogP) is 4.34. The monoisotopic (exact) mass is 515 g/mol. The van der Waals surface area contributed by atoms with E-state index in [2.05, 4.69) is 5.32 Å². The molecule has 0 aliphatic heterocycles. The molecule has 0 unspecified atom stereocenters. The van der Waals surface area contributed by atoms with Crippen molar-refractivity contribution < 1.29 is 18.0 Å². The normalized spacial score (nSPS) is 12.3. The number of benzene rings is 2. The second kappa shape index (κ2) is 14.0. The lowest BCUT2D eigenvalue weighted by Gasteiger charge is -2.33. The molecule has 0 heterocycles. The summed E-state index contributed by atoms with van der Waals surface area (Å²) in [4.78, 5) is 28.4. The summed E-state index contributed by atoms with van der Waals surface area (Å²) in [7, 11) is -3.75. The van der Waals surface area contributed by atoms with Crippen molar-refractivity contribution in [3.8, 4) is 0 Å². The van der Waals surface area contributed by atoms with Gasteiger partial charge in [0, 0.05) is 13.1 Å². The summed E-state index contributed by atoms with van der Waals surface area (Å²) in [6.45, 7) is 8.39. The van der Waals surface area contributed by atoms with Gasteiger partial charge in [0.25, 0.3) is 0 Å². The third-order valence-corrected chi connectivity index (χ3v) is 7.33. The lowest BCUT2D eigenvalue weighted by Crippen LogP contribution is -2.53. The summed E-state index contributed by atoms with van der Waals surface area (Å²) in [5, 5.41) is 2.94. The van der Waals surface area contributed by atoms with Crippen molar-refractivity contribution in [2.45, 2.75) is 65.3 Å². The van der Waals surface area contributed by atoms with E-state index in [4.69, 9.17) is 0 Å². The van der Waals surface area contributed by atoms with E-state index in [1.54, 1.807) is 17.0 Å². The molecule has 0 saturated heterocycles. The predicted molar refractivity (Wildman–Crippen MR) is 147 cm³/mol. The Kier molecular flexibility index (Phi) is 11.4. The molecule has 0 spiro atoms. The largest absolute Gasteiger partial charge is 0.354 e. The standard InChI is InChI=1S/C28H41N3O4S/c1-6-8-19-29-28(33)25(7-2)30(20-18-23-14-10-9-11-15-23)27(32)21-31(36(5,34)35)26-17-13-12-16-24(26)22(3)4/h9-17,22,25H,6-8,18-21H2,1-5H3,(H,29,33)/t25-/m0/s1. The topological polar surface area (TPSA) is 86.8 Å². The van der Waals surface area contributed by atoms with Gasteiger partial charge in [-0.3, -0.25) is 13.9 Å². The molecule has 2 amide bonds. The van der Waals surface area contributed by atoms with Crippen molar-refractivity contribution in [3.05, 3.63) is 65.7 Å². The Labute approximate surface area is 216 Å². The molecule has 0 radical (unpaired) electrons. The van der Waals surface area contributed by atoms with Crippen molar-refractivity contribution in [2.24, 2.45) is 0 Å². The Morgan fingerprint density at radius 3 is 2.19 bits per heavy atom. The van der Waals surface area contributed by atoms with Gasteiger partial charge in [0.05, 0.1) is 11.9 Å². The van der Waals surface area contributed by atoms with Crippen LogP contribution >= 0.6 is 0 Å². The smallest absolute Gasteiger partial charge is 0.244 e. The third-order valence-electron chi connectivity index (χ3n) is 6.21. The van der Waals surface area contributed by atoms with Crippen molar-refractivity contribution in [1.29, 1.82) is 0 Å². The molecule has 0 aromatic heterocycles. The second-order valence-corrected chi connectivity index (χ2v) is 11.3. The number of carbonyl (C=O) groups excluding carboxylic acids is 2. The van der Waals surface area contributed by atoms with Crippen LogP contribution in [0.2, 0.25) is 0 Å². The lowest BCUT2D eigenvalue weighted by atomic mass is 10.0. The van der Waals surface area contributed by atoms with Crippen LogP contribution in [0, 0.1) is 0 Å². The fourth-order valence-corrected chi connectivity index (χ4v) is 5.07. The van der Waals surface area contributed by atoms with Crippen LogP contribution in [0.5, 0.6) is 0 Å². The van der Waals surface area contributed by atoms with E-state index >= 15 is 0 Å². The fraction of sp³-hybridized carbons (Fsp3) is 0.500. The maximum Gasteiger partial charge on any atom is 0.244 e. The van der Waals surface area contributed by atoms with Gasteiger partial charge >= 0.3 is 0 Å². The van der Waals surface area contributed by atoms with Crippen LogP contribution in [-0.4, -0.2) is 57.1 Å². The van der Waals surface area contributed by atoms with Crippen LogP contribution in [0.3, 0.4) is 0 Å². The lowest BCUT2D eigenvalue weighted by molar-refractivity contribution is -0.139. The molecule has 2 rings (SSSR count). The van der Waals surface area contributed by atoms with Crippen molar-refractivity contribution >= 4 is 27.5 Å². The van der Waals surface area contributed by atoms with E-state index in [9.17, 15) is 18.0 Å². The molecule has 8 heteroatoms. The minimum absolute atomic E-state index is 0.0717. The summed E-state index contributed by atoms with van der Waals surface area (Å²) < 4.78 is 26.9. The molecule has 1 atom stereocenters. The van der Waals surface area contributed by atoms with E-state index in [0.29, 0.717) is 31.6 Å². The van der Waals surface area contributed by atoms with Gasteiger partial charge in [-0.15, -0.1) is 0 Å². The van der Waals surface area contributed by atoms with Gasteiger partial charge in [-0.1, -0.05) is 82.6 Å². The average molecular weight is 516 g/mol. The molecule has 0 aliphatic carbocycles. The molecule has 0 fully saturated rings.